The fourth-order valence-electron chi connectivity index (χ4n) is 2.70. The van der Waals surface area contributed by atoms with Gasteiger partial charge in [-0.05, 0) is 35.9 Å². The fraction of sp³-hybridized carbons (Fsp3) is 0.190. The molecule has 1 amide bonds. The maximum Gasteiger partial charge on any atom is 0.416 e. The molecule has 0 fully saturated rings. The molecule has 0 bridgehead atoms. The van der Waals surface area contributed by atoms with E-state index in [9.17, 15) is 18.0 Å². The number of hydrogen-bond acceptors (Lipinski definition) is 5. The maximum atomic E-state index is 12.8. The number of rotatable bonds is 6. The average Bonchev–Trinajstić information content (AvgIpc) is 2.69. The van der Waals surface area contributed by atoms with Crippen molar-refractivity contribution in [2.45, 2.75) is 12.6 Å². The van der Waals surface area contributed by atoms with E-state index in [1.54, 1.807) is 30.5 Å². The summed E-state index contributed by atoms with van der Waals surface area (Å²) in [6, 6.07) is 13.5. The van der Waals surface area contributed by atoms with Gasteiger partial charge in [0.15, 0.2) is 5.82 Å². The third kappa shape index (κ3) is 5.69. The molecule has 0 saturated carbocycles. The summed E-state index contributed by atoms with van der Waals surface area (Å²) in [5.74, 6) is 0.169. The van der Waals surface area contributed by atoms with Crippen molar-refractivity contribution in [1.82, 2.24) is 10.2 Å². The predicted molar refractivity (Wildman–Crippen MR) is 110 cm³/mol. The van der Waals surface area contributed by atoms with Crippen molar-refractivity contribution in [3.05, 3.63) is 71.9 Å². The van der Waals surface area contributed by atoms with Crippen LogP contribution in [-0.2, 0) is 17.4 Å². The Labute approximate surface area is 171 Å². The van der Waals surface area contributed by atoms with Gasteiger partial charge in [0.1, 0.15) is 0 Å². The minimum absolute atomic E-state index is 0.156. The molecule has 0 atom stereocenters. The summed E-state index contributed by atoms with van der Waals surface area (Å²) in [7, 11) is 3.80. The van der Waals surface area contributed by atoms with Gasteiger partial charge in [-0.15, -0.1) is 5.10 Å². The number of carbonyl (C=O) groups excluding carboxylic acids is 1. The normalized spacial score (nSPS) is 11.1. The molecule has 0 aliphatic rings. The molecule has 156 valence electrons. The van der Waals surface area contributed by atoms with Gasteiger partial charge in [0, 0.05) is 31.5 Å². The van der Waals surface area contributed by atoms with Crippen LogP contribution in [0.15, 0.2) is 60.8 Å². The molecule has 6 nitrogen and oxygen atoms in total. The van der Waals surface area contributed by atoms with Crippen molar-refractivity contribution in [3.8, 4) is 0 Å². The molecule has 30 heavy (non-hydrogen) atoms. The Kier molecular flexibility index (Phi) is 6.20. The Morgan fingerprint density at radius 3 is 2.40 bits per heavy atom. The average molecular weight is 415 g/mol. The fourth-order valence-corrected chi connectivity index (χ4v) is 2.70. The van der Waals surface area contributed by atoms with Crippen LogP contribution in [0.4, 0.5) is 36.1 Å². The lowest BCUT2D eigenvalue weighted by molar-refractivity contribution is -0.137. The molecule has 3 rings (SSSR count). The number of halogens is 3. The van der Waals surface area contributed by atoms with Crippen LogP contribution < -0.4 is 15.5 Å². The molecule has 0 aliphatic heterocycles. The molecule has 1 heterocycles. The van der Waals surface area contributed by atoms with E-state index in [4.69, 9.17) is 0 Å². The Morgan fingerprint density at radius 1 is 1.03 bits per heavy atom. The number of carbonyl (C=O) groups is 1. The van der Waals surface area contributed by atoms with Crippen molar-refractivity contribution in [2.75, 3.05) is 29.6 Å². The molecular weight excluding hydrogens is 395 g/mol. The summed E-state index contributed by atoms with van der Waals surface area (Å²) in [5, 5.41) is 13.8. The molecule has 0 unspecified atom stereocenters. The van der Waals surface area contributed by atoms with Crippen LogP contribution in [0.2, 0.25) is 0 Å². The zero-order valence-corrected chi connectivity index (χ0v) is 16.4. The van der Waals surface area contributed by atoms with Gasteiger partial charge in [0.25, 0.3) is 0 Å². The molecule has 0 saturated heterocycles. The molecule has 0 aliphatic carbocycles. The van der Waals surface area contributed by atoms with E-state index in [0.29, 0.717) is 17.1 Å². The van der Waals surface area contributed by atoms with Gasteiger partial charge in [-0.3, -0.25) is 4.79 Å². The zero-order valence-electron chi connectivity index (χ0n) is 16.4. The minimum Gasteiger partial charge on any atom is -0.376 e. The quantitative estimate of drug-likeness (QED) is 0.621. The third-order valence-electron chi connectivity index (χ3n) is 4.22. The van der Waals surface area contributed by atoms with Gasteiger partial charge in [-0.2, -0.15) is 18.3 Å². The molecule has 3 aromatic rings. The molecule has 0 radical (unpaired) electrons. The summed E-state index contributed by atoms with van der Waals surface area (Å²) in [6.07, 6.45) is -2.95. The second-order valence-corrected chi connectivity index (χ2v) is 6.82. The van der Waals surface area contributed by atoms with E-state index in [2.05, 4.69) is 20.8 Å². The highest BCUT2D eigenvalue weighted by Crippen LogP contribution is 2.29. The predicted octanol–water partition coefficient (Wildman–Crippen LogP) is 4.49. The highest BCUT2D eigenvalue weighted by atomic mass is 19.4. The third-order valence-corrected chi connectivity index (χ3v) is 4.22. The zero-order chi connectivity index (χ0) is 21.7. The summed E-state index contributed by atoms with van der Waals surface area (Å²) in [5.41, 5.74) is 1.69. The lowest BCUT2D eigenvalue weighted by Gasteiger charge is -2.13. The number of hydrogen-bond donors (Lipinski definition) is 2. The Hall–Kier alpha value is -3.62. The van der Waals surface area contributed by atoms with E-state index in [-0.39, 0.29) is 6.42 Å². The standard InChI is InChI=1S/C21H20F3N5O/c1-29(2)18-12-19(28-25-13-18)26-16-6-8-17(9-7-16)27-20(30)11-14-4-3-5-15(10-14)21(22,23)24/h3-10,12-13H,11H2,1-2H3,(H,26,28)(H,27,30). The van der Waals surface area contributed by atoms with Crippen LogP contribution in [0.5, 0.6) is 0 Å². The van der Waals surface area contributed by atoms with Crippen molar-refractivity contribution < 1.29 is 18.0 Å². The van der Waals surface area contributed by atoms with Gasteiger partial charge in [-0.1, -0.05) is 18.2 Å². The van der Waals surface area contributed by atoms with Crippen molar-refractivity contribution >= 4 is 28.8 Å². The van der Waals surface area contributed by atoms with Gasteiger partial charge in [-0.25, -0.2) is 0 Å². The van der Waals surface area contributed by atoms with Crippen molar-refractivity contribution in [3.63, 3.8) is 0 Å². The van der Waals surface area contributed by atoms with Gasteiger partial charge in [0.2, 0.25) is 5.91 Å². The molecule has 9 heteroatoms. The van der Waals surface area contributed by atoms with E-state index in [1.807, 2.05) is 25.1 Å². The number of nitrogens with one attached hydrogen (secondary N) is 2. The first-order chi connectivity index (χ1) is 14.2. The van der Waals surface area contributed by atoms with Gasteiger partial charge in [0.05, 0.1) is 23.9 Å². The van der Waals surface area contributed by atoms with Crippen LogP contribution in [0.3, 0.4) is 0 Å². The van der Waals surface area contributed by atoms with Crippen LogP contribution >= 0.6 is 0 Å². The van der Waals surface area contributed by atoms with E-state index < -0.39 is 17.6 Å². The van der Waals surface area contributed by atoms with Gasteiger partial charge >= 0.3 is 6.18 Å². The summed E-state index contributed by atoms with van der Waals surface area (Å²) in [6.45, 7) is 0. The SMILES string of the molecule is CN(C)c1cnnc(Nc2ccc(NC(=O)Cc3cccc(C(F)(F)F)c3)cc2)c1. The van der Waals surface area contributed by atoms with Crippen molar-refractivity contribution in [2.24, 2.45) is 0 Å². The second kappa shape index (κ2) is 8.81. The van der Waals surface area contributed by atoms with Crippen LogP contribution in [-0.4, -0.2) is 30.2 Å². The lowest BCUT2D eigenvalue weighted by Crippen LogP contribution is -2.15. The minimum atomic E-state index is -4.44. The first-order valence-corrected chi connectivity index (χ1v) is 9.04. The molecule has 0 spiro atoms. The number of anilines is 4. The summed E-state index contributed by atoms with van der Waals surface area (Å²) >= 11 is 0. The number of amides is 1. The molecular formula is C21H20F3N5O. The van der Waals surface area contributed by atoms with Crippen LogP contribution in [0.25, 0.3) is 0 Å². The largest absolute Gasteiger partial charge is 0.416 e. The van der Waals surface area contributed by atoms with E-state index >= 15 is 0 Å². The number of benzene rings is 2. The second-order valence-electron chi connectivity index (χ2n) is 6.82. The summed E-state index contributed by atoms with van der Waals surface area (Å²) < 4.78 is 38.4. The van der Waals surface area contributed by atoms with E-state index in [0.717, 1.165) is 23.5 Å². The van der Waals surface area contributed by atoms with Crippen LogP contribution in [0.1, 0.15) is 11.1 Å². The van der Waals surface area contributed by atoms with Crippen LogP contribution in [0, 0.1) is 0 Å². The van der Waals surface area contributed by atoms with Gasteiger partial charge < -0.3 is 15.5 Å². The lowest BCUT2D eigenvalue weighted by atomic mass is 10.1. The monoisotopic (exact) mass is 415 g/mol. The topological polar surface area (TPSA) is 70.2 Å². The van der Waals surface area contributed by atoms with E-state index in [1.165, 1.54) is 12.1 Å². The highest BCUT2D eigenvalue weighted by Gasteiger charge is 2.30. The van der Waals surface area contributed by atoms with Crippen molar-refractivity contribution in [1.29, 1.82) is 0 Å². The Morgan fingerprint density at radius 2 is 1.73 bits per heavy atom. The number of nitrogens with zero attached hydrogens (tertiary/aromatic N) is 3. The maximum absolute atomic E-state index is 12.8. The molecule has 2 aromatic carbocycles. The Balaban J connectivity index is 1.60. The summed E-state index contributed by atoms with van der Waals surface area (Å²) in [4.78, 5) is 14.1. The smallest absolute Gasteiger partial charge is 0.376 e. The molecule has 1 aromatic heterocycles. The first kappa shape index (κ1) is 21.1. The number of alkyl halides is 3. The number of aromatic nitrogens is 2. The Bertz CT molecular complexity index is 1020. The highest BCUT2D eigenvalue weighted by molar-refractivity contribution is 5.92. The first-order valence-electron chi connectivity index (χ1n) is 9.04. The molecule has 2 N–H and O–H groups in total.